The maximum atomic E-state index is 5.77. The van der Waals surface area contributed by atoms with Crippen LogP contribution in [0, 0.1) is 0 Å². The first-order valence-electron chi connectivity index (χ1n) is 5.17. The van der Waals surface area contributed by atoms with E-state index < -0.39 is 0 Å². The number of hydrogen-bond acceptors (Lipinski definition) is 4. The predicted molar refractivity (Wildman–Crippen MR) is 64.1 cm³/mol. The van der Waals surface area contributed by atoms with Crippen LogP contribution in [-0.2, 0) is 13.5 Å². The lowest BCUT2D eigenvalue weighted by molar-refractivity contribution is 0.711. The van der Waals surface area contributed by atoms with E-state index in [0.29, 0.717) is 5.69 Å². The van der Waals surface area contributed by atoms with Gasteiger partial charge in [0.1, 0.15) is 0 Å². The molecule has 0 aliphatic rings. The van der Waals surface area contributed by atoms with Gasteiger partial charge >= 0.3 is 0 Å². The summed E-state index contributed by atoms with van der Waals surface area (Å²) in [7, 11) is 1.94. The molecule has 0 amide bonds. The molecule has 0 atom stereocenters. The van der Waals surface area contributed by atoms with Gasteiger partial charge in [-0.15, -0.1) is 0 Å². The molecule has 16 heavy (non-hydrogen) atoms. The first-order valence-corrected chi connectivity index (χ1v) is 5.17. The highest BCUT2D eigenvalue weighted by atomic mass is 15.3. The average Bonchev–Trinajstić information content (AvgIpc) is 2.67. The van der Waals surface area contributed by atoms with Crippen molar-refractivity contribution in [2.24, 2.45) is 7.05 Å². The van der Waals surface area contributed by atoms with Crippen molar-refractivity contribution >= 4 is 11.4 Å². The quantitative estimate of drug-likeness (QED) is 0.803. The second-order valence-electron chi connectivity index (χ2n) is 3.59. The van der Waals surface area contributed by atoms with E-state index in [2.05, 4.69) is 15.4 Å². The minimum atomic E-state index is 0.674. The number of anilines is 2. The highest BCUT2D eigenvalue weighted by Crippen LogP contribution is 2.14. The molecule has 0 radical (unpaired) electrons. The van der Waals surface area contributed by atoms with Crippen LogP contribution in [0.15, 0.2) is 30.7 Å². The second-order valence-corrected chi connectivity index (χ2v) is 3.59. The molecule has 0 fully saturated rings. The van der Waals surface area contributed by atoms with Crippen molar-refractivity contribution in [2.75, 3.05) is 17.6 Å². The summed E-state index contributed by atoms with van der Waals surface area (Å²) in [4.78, 5) is 3.94. The monoisotopic (exact) mass is 217 g/mol. The van der Waals surface area contributed by atoms with E-state index in [-0.39, 0.29) is 0 Å². The van der Waals surface area contributed by atoms with Gasteiger partial charge in [0, 0.05) is 38.1 Å². The molecule has 2 aromatic rings. The Morgan fingerprint density at radius 1 is 1.38 bits per heavy atom. The van der Waals surface area contributed by atoms with Crippen LogP contribution in [0.4, 0.5) is 11.4 Å². The molecule has 2 rings (SSSR count). The third kappa shape index (κ3) is 2.31. The molecular weight excluding hydrogens is 202 g/mol. The summed E-state index contributed by atoms with van der Waals surface area (Å²) >= 11 is 0. The van der Waals surface area contributed by atoms with Gasteiger partial charge in [0.15, 0.2) is 0 Å². The van der Waals surface area contributed by atoms with Crippen LogP contribution in [0.25, 0.3) is 0 Å². The van der Waals surface area contributed by atoms with Crippen LogP contribution in [0.2, 0.25) is 0 Å². The summed E-state index contributed by atoms with van der Waals surface area (Å²) < 4.78 is 1.87. The Morgan fingerprint density at radius 3 is 2.94 bits per heavy atom. The standard InChI is InChI=1S/C11H15N5/c1-16-9(3-7-15-16)2-6-14-11-4-5-13-8-10(11)12/h3-5,7-8H,2,6,12H2,1H3,(H,13,14). The van der Waals surface area contributed by atoms with Gasteiger partial charge in [0.25, 0.3) is 0 Å². The fourth-order valence-corrected chi connectivity index (χ4v) is 1.54. The van der Waals surface area contributed by atoms with E-state index in [0.717, 1.165) is 18.7 Å². The normalized spacial score (nSPS) is 10.3. The first kappa shape index (κ1) is 10.5. The predicted octanol–water partition coefficient (Wildman–Crippen LogP) is 1.05. The molecule has 2 aromatic heterocycles. The number of aryl methyl sites for hydroxylation is 1. The van der Waals surface area contributed by atoms with Crippen molar-refractivity contribution in [3.63, 3.8) is 0 Å². The second kappa shape index (κ2) is 4.65. The van der Waals surface area contributed by atoms with E-state index in [1.807, 2.05) is 23.9 Å². The molecule has 0 aliphatic heterocycles. The van der Waals surface area contributed by atoms with Crippen molar-refractivity contribution in [1.29, 1.82) is 0 Å². The van der Waals surface area contributed by atoms with E-state index in [4.69, 9.17) is 5.73 Å². The molecule has 5 heteroatoms. The summed E-state index contributed by atoms with van der Waals surface area (Å²) in [6.45, 7) is 0.827. The van der Waals surface area contributed by atoms with Gasteiger partial charge in [-0.3, -0.25) is 9.67 Å². The van der Waals surface area contributed by atoms with Gasteiger partial charge < -0.3 is 11.1 Å². The smallest absolute Gasteiger partial charge is 0.0736 e. The summed E-state index contributed by atoms with van der Waals surface area (Å²) in [6.07, 6.45) is 6.09. The molecule has 84 valence electrons. The zero-order chi connectivity index (χ0) is 11.4. The molecule has 3 N–H and O–H groups in total. The number of nitrogen functional groups attached to an aromatic ring is 1. The van der Waals surface area contributed by atoms with Gasteiger partial charge in [-0.1, -0.05) is 0 Å². The van der Waals surface area contributed by atoms with E-state index in [9.17, 15) is 0 Å². The number of nitrogens with one attached hydrogen (secondary N) is 1. The molecule has 5 nitrogen and oxygen atoms in total. The highest BCUT2D eigenvalue weighted by Gasteiger charge is 2.00. The molecule has 0 bridgehead atoms. The Labute approximate surface area is 94.3 Å². The number of rotatable bonds is 4. The number of hydrogen-bond donors (Lipinski definition) is 2. The third-order valence-corrected chi connectivity index (χ3v) is 2.47. The summed E-state index contributed by atoms with van der Waals surface area (Å²) in [5.74, 6) is 0. The molecule has 0 spiro atoms. The van der Waals surface area contributed by atoms with Crippen molar-refractivity contribution in [2.45, 2.75) is 6.42 Å². The largest absolute Gasteiger partial charge is 0.396 e. The summed E-state index contributed by atoms with van der Waals surface area (Å²) in [6, 6.07) is 3.89. The Morgan fingerprint density at radius 2 is 2.25 bits per heavy atom. The fraction of sp³-hybridized carbons (Fsp3) is 0.273. The lowest BCUT2D eigenvalue weighted by atomic mass is 10.3. The van der Waals surface area contributed by atoms with E-state index in [1.54, 1.807) is 18.6 Å². The van der Waals surface area contributed by atoms with Crippen LogP contribution in [0.3, 0.4) is 0 Å². The Kier molecular flexibility index (Phi) is 3.05. The van der Waals surface area contributed by atoms with Crippen LogP contribution in [-0.4, -0.2) is 21.3 Å². The fourth-order valence-electron chi connectivity index (χ4n) is 1.54. The number of aromatic nitrogens is 3. The molecule has 0 unspecified atom stereocenters. The van der Waals surface area contributed by atoms with Gasteiger partial charge in [0.2, 0.25) is 0 Å². The van der Waals surface area contributed by atoms with E-state index >= 15 is 0 Å². The first-order chi connectivity index (χ1) is 7.77. The number of pyridine rings is 1. The molecule has 2 heterocycles. The third-order valence-electron chi connectivity index (χ3n) is 2.47. The van der Waals surface area contributed by atoms with Crippen molar-refractivity contribution < 1.29 is 0 Å². The van der Waals surface area contributed by atoms with Crippen molar-refractivity contribution in [3.8, 4) is 0 Å². The summed E-state index contributed by atoms with van der Waals surface area (Å²) in [5.41, 5.74) is 8.56. The highest BCUT2D eigenvalue weighted by molar-refractivity contribution is 5.64. The number of nitrogens with two attached hydrogens (primary N) is 1. The van der Waals surface area contributed by atoms with Crippen LogP contribution < -0.4 is 11.1 Å². The SMILES string of the molecule is Cn1nccc1CCNc1ccncc1N. The molecule has 0 saturated heterocycles. The lowest BCUT2D eigenvalue weighted by Gasteiger charge is -2.08. The van der Waals surface area contributed by atoms with Crippen molar-refractivity contribution in [3.05, 3.63) is 36.4 Å². The Balaban J connectivity index is 1.89. The molecular formula is C11H15N5. The van der Waals surface area contributed by atoms with Crippen LogP contribution in [0.5, 0.6) is 0 Å². The van der Waals surface area contributed by atoms with Crippen LogP contribution in [0.1, 0.15) is 5.69 Å². The lowest BCUT2D eigenvalue weighted by Crippen LogP contribution is -2.09. The molecule has 0 saturated carbocycles. The van der Waals surface area contributed by atoms with E-state index in [1.165, 1.54) is 5.69 Å². The minimum Gasteiger partial charge on any atom is -0.396 e. The maximum absolute atomic E-state index is 5.77. The average molecular weight is 217 g/mol. The van der Waals surface area contributed by atoms with Gasteiger partial charge in [-0.05, 0) is 12.1 Å². The maximum Gasteiger partial charge on any atom is 0.0736 e. The molecule has 0 aliphatic carbocycles. The Bertz CT molecular complexity index is 463. The van der Waals surface area contributed by atoms with Gasteiger partial charge in [-0.25, -0.2) is 0 Å². The minimum absolute atomic E-state index is 0.674. The molecule has 0 aromatic carbocycles. The number of nitrogens with zero attached hydrogens (tertiary/aromatic N) is 3. The Hall–Kier alpha value is -2.04. The summed E-state index contributed by atoms with van der Waals surface area (Å²) in [5, 5.41) is 7.39. The van der Waals surface area contributed by atoms with Crippen LogP contribution >= 0.6 is 0 Å². The topological polar surface area (TPSA) is 68.8 Å². The zero-order valence-electron chi connectivity index (χ0n) is 9.22. The van der Waals surface area contributed by atoms with Gasteiger partial charge in [0.05, 0.1) is 17.6 Å². The van der Waals surface area contributed by atoms with Crippen molar-refractivity contribution in [1.82, 2.24) is 14.8 Å². The zero-order valence-corrected chi connectivity index (χ0v) is 9.22. The van der Waals surface area contributed by atoms with Gasteiger partial charge in [-0.2, -0.15) is 5.10 Å².